The van der Waals surface area contributed by atoms with Crippen LogP contribution in [0.4, 0.5) is 5.69 Å². The summed E-state index contributed by atoms with van der Waals surface area (Å²) in [6, 6.07) is 11.8. The van der Waals surface area contributed by atoms with Crippen LogP contribution in [0.1, 0.15) is 18.0 Å². The molecule has 0 radical (unpaired) electrons. The van der Waals surface area contributed by atoms with Gasteiger partial charge in [0.15, 0.2) is 0 Å². The Labute approximate surface area is 167 Å². The smallest absolute Gasteiger partial charge is 0.243 e. The van der Waals surface area contributed by atoms with Gasteiger partial charge in [0.05, 0.1) is 30.7 Å². The van der Waals surface area contributed by atoms with Crippen molar-refractivity contribution in [2.45, 2.75) is 23.4 Å². The molecule has 0 aromatic heterocycles. The van der Waals surface area contributed by atoms with Crippen LogP contribution in [0.2, 0.25) is 0 Å². The molecule has 1 fully saturated rings. The summed E-state index contributed by atoms with van der Waals surface area (Å²) >= 11 is 3.49. The molecule has 2 aromatic carbocycles. The highest BCUT2D eigenvalue weighted by Crippen LogP contribution is 2.48. The van der Waals surface area contributed by atoms with Gasteiger partial charge in [0.1, 0.15) is 5.75 Å². The van der Waals surface area contributed by atoms with E-state index in [0.29, 0.717) is 18.7 Å². The molecule has 0 spiro atoms. The molecule has 27 heavy (non-hydrogen) atoms. The summed E-state index contributed by atoms with van der Waals surface area (Å²) in [5.41, 5.74) is 1.81. The fourth-order valence-electron chi connectivity index (χ4n) is 4.14. The van der Waals surface area contributed by atoms with Crippen LogP contribution >= 0.6 is 15.9 Å². The zero-order valence-electron chi connectivity index (χ0n) is 14.8. The second-order valence-electron chi connectivity index (χ2n) is 6.85. The first kappa shape index (κ1) is 18.7. The van der Waals surface area contributed by atoms with Gasteiger partial charge < -0.3 is 15.2 Å². The summed E-state index contributed by atoms with van der Waals surface area (Å²) < 4.78 is 34.3. The summed E-state index contributed by atoms with van der Waals surface area (Å²) in [6.45, 7) is 0.390. The normalized spacial score (nSPS) is 24.8. The molecule has 2 heterocycles. The number of aliphatic hydroxyl groups excluding tert-OH is 1. The lowest BCUT2D eigenvalue weighted by molar-refractivity contribution is 0.210. The van der Waals surface area contributed by atoms with Crippen molar-refractivity contribution in [3.8, 4) is 5.75 Å². The summed E-state index contributed by atoms with van der Waals surface area (Å²) in [6.07, 6.45) is 0.699. The van der Waals surface area contributed by atoms with E-state index in [-0.39, 0.29) is 29.5 Å². The molecule has 0 bridgehead atoms. The molecule has 2 N–H and O–H groups in total. The molecule has 8 heteroatoms. The lowest BCUT2D eigenvalue weighted by atomic mass is 9.84. The van der Waals surface area contributed by atoms with E-state index >= 15 is 0 Å². The Morgan fingerprint density at radius 3 is 2.67 bits per heavy atom. The molecule has 6 nitrogen and oxygen atoms in total. The summed E-state index contributed by atoms with van der Waals surface area (Å²) in [4.78, 5) is 0.250. The van der Waals surface area contributed by atoms with Crippen molar-refractivity contribution in [2.24, 2.45) is 5.92 Å². The fourth-order valence-corrected chi connectivity index (χ4v) is 6.19. The molecule has 0 amide bonds. The van der Waals surface area contributed by atoms with E-state index in [0.717, 1.165) is 15.7 Å². The van der Waals surface area contributed by atoms with Crippen molar-refractivity contribution < 1.29 is 18.3 Å². The third kappa shape index (κ3) is 3.14. The van der Waals surface area contributed by atoms with Crippen LogP contribution in [0.15, 0.2) is 51.8 Å². The monoisotopic (exact) mass is 452 g/mol. The summed E-state index contributed by atoms with van der Waals surface area (Å²) in [5.74, 6) is 0.634. The van der Waals surface area contributed by atoms with Crippen molar-refractivity contribution in [1.29, 1.82) is 0 Å². The maximum absolute atomic E-state index is 13.4. The maximum atomic E-state index is 13.4. The third-order valence-corrected chi connectivity index (χ3v) is 7.84. The molecule has 4 rings (SSSR count). The average molecular weight is 453 g/mol. The van der Waals surface area contributed by atoms with Crippen molar-refractivity contribution in [1.82, 2.24) is 4.31 Å². The van der Waals surface area contributed by atoms with Gasteiger partial charge >= 0.3 is 0 Å². The van der Waals surface area contributed by atoms with Crippen LogP contribution in [0.3, 0.4) is 0 Å². The Morgan fingerprint density at radius 2 is 2.00 bits per heavy atom. The molecule has 2 aromatic rings. The SMILES string of the molecule is COc1ccc(S(=O)(=O)N2CC[C@@H]3[C@@H](CO)Nc4ccc(Br)cc4[C@@H]32)cc1. The Kier molecular flexibility index (Phi) is 4.92. The van der Waals surface area contributed by atoms with Gasteiger partial charge in [-0.15, -0.1) is 0 Å². The molecular formula is C19H21BrN2O4S. The number of hydrogen-bond acceptors (Lipinski definition) is 5. The average Bonchev–Trinajstić information content (AvgIpc) is 3.14. The van der Waals surface area contributed by atoms with E-state index in [2.05, 4.69) is 21.2 Å². The summed E-state index contributed by atoms with van der Waals surface area (Å²) in [5, 5.41) is 13.2. The van der Waals surface area contributed by atoms with E-state index in [1.165, 1.54) is 0 Å². The highest BCUT2D eigenvalue weighted by molar-refractivity contribution is 9.10. The number of nitrogens with one attached hydrogen (secondary N) is 1. The predicted octanol–water partition coefficient (Wildman–Crippen LogP) is 3.00. The Hall–Kier alpha value is -1.61. The predicted molar refractivity (Wildman–Crippen MR) is 106 cm³/mol. The van der Waals surface area contributed by atoms with Crippen LogP contribution in [-0.2, 0) is 10.0 Å². The molecule has 0 saturated carbocycles. The number of anilines is 1. The first-order valence-electron chi connectivity index (χ1n) is 8.78. The highest BCUT2D eigenvalue weighted by Gasteiger charge is 2.48. The number of ether oxygens (including phenoxy) is 1. The van der Waals surface area contributed by atoms with E-state index in [1.54, 1.807) is 35.7 Å². The van der Waals surface area contributed by atoms with Gasteiger partial charge in [-0.25, -0.2) is 8.42 Å². The highest BCUT2D eigenvalue weighted by atomic mass is 79.9. The largest absolute Gasteiger partial charge is 0.497 e. The van der Waals surface area contributed by atoms with Gasteiger partial charge in [0.25, 0.3) is 0 Å². The molecule has 1 saturated heterocycles. The third-order valence-electron chi connectivity index (χ3n) is 5.45. The van der Waals surface area contributed by atoms with Crippen LogP contribution in [0, 0.1) is 5.92 Å². The lowest BCUT2D eigenvalue weighted by Gasteiger charge is -2.38. The second-order valence-corrected chi connectivity index (χ2v) is 9.66. The fraction of sp³-hybridized carbons (Fsp3) is 0.368. The number of nitrogens with zero attached hydrogens (tertiary/aromatic N) is 1. The Balaban J connectivity index is 1.78. The molecule has 0 unspecified atom stereocenters. The minimum Gasteiger partial charge on any atom is -0.497 e. The van der Waals surface area contributed by atoms with E-state index in [9.17, 15) is 13.5 Å². The van der Waals surface area contributed by atoms with Crippen LogP contribution in [0.25, 0.3) is 0 Å². The first-order chi connectivity index (χ1) is 13.0. The minimum absolute atomic E-state index is 0.0184. The van der Waals surface area contributed by atoms with Crippen LogP contribution < -0.4 is 10.1 Å². The maximum Gasteiger partial charge on any atom is 0.243 e. The zero-order valence-corrected chi connectivity index (χ0v) is 17.2. The number of sulfonamides is 1. The molecule has 0 aliphatic carbocycles. The van der Waals surface area contributed by atoms with Gasteiger partial charge in [0, 0.05) is 22.6 Å². The number of methoxy groups -OCH3 is 1. The second kappa shape index (κ2) is 7.09. The number of aliphatic hydroxyl groups is 1. The van der Waals surface area contributed by atoms with Crippen LogP contribution in [0.5, 0.6) is 5.75 Å². The molecule has 144 valence electrons. The van der Waals surface area contributed by atoms with Gasteiger partial charge in [-0.3, -0.25) is 0 Å². The molecule has 2 aliphatic heterocycles. The van der Waals surface area contributed by atoms with Crippen LogP contribution in [-0.4, -0.2) is 44.1 Å². The van der Waals surface area contributed by atoms with Crippen molar-refractivity contribution >= 4 is 31.6 Å². The van der Waals surface area contributed by atoms with Gasteiger partial charge in [-0.2, -0.15) is 4.31 Å². The van der Waals surface area contributed by atoms with E-state index in [4.69, 9.17) is 4.74 Å². The van der Waals surface area contributed by atoms with Gasteiger partial charge in [-0.05, 0) is 54.4 Å². The first-order valence-corrected chi connectivity index (χ1v) is 11.0. The Bertz CT molecular complexity index is 949. The van der Waals surface area contributed by atoms with Gasteiger partial charge in [0.2, 0.25) is 10.0 Å². The topological polar surface area (TPSA) is 78.9 Å². The minimum atomic E-state index is -3.67. The standard InChI is InChI=1S/C19H21BrN2O4S/c1-26-13-3-5-14(6-4-13)27(24,25)22-9-8-15-18(11-23)21-17-7-2-12(20)10-16(17)19(15)22/h2-7,10,15,18-19,21,23H,8-9,11H2,1H3/t15-,18-,19-/m1/s1. The molecule has 3 atom stereocenters. The van der Waals surface area contributed by atoms with Crippen molar-refractivity contribution in [2.75, 3.05) is 25.6 Å². The van der Waals surface area contributed by atoms with E-state index < -0.39 is 10.0 Å². The number of fused-ring (bicyclic) bond motifs is 3. The van der Waals surface area contributed by atoms with Crippen molar-refractivity contribution in [3.63, 3.8) is 0 Å². The molecule has 2 aliphatic rings. The van der Waals surface area contributed by atoms with Gasteiger partial charge in [-0.1, -0.05) is 15.9 Å². The summed E-state index contributed by atoms with van der Waals surface area (Å²) in [7, 11) is -2.12. The number of halogens is 1. The number of rotatable bonds is 4. The Morgan fingerprint density at radius 1 is 1.26 bits per heavy atom. The quantitative estimate of drug-likeness (QED) is 0.745. The number of benzene rings is 2. The number of hydrogen-bond donors (Lipinski definition) is 2. The zero-order chi connectivity index (χ0) is 19.2. The van der Waals surface area contributed by atoms with E-state index in [1.807, 2.05) is 18.2 Å². The lowest BCUT2D eigenvalue weighted by Crippen LogP contribution is -2.42. The van der Waals surface area contributed by atoms with Crippen molar-refractivity contribution in [3.05, 3.63) is 52.5 Å². The molecular weight excluding hydrogens is 432 g/mol.